The van der Waals surface area contributed by atoms with Crippen molar-refractivity contribution in [2.24, 2.45) is 0 Å². The van der Waals surface area contributed by atoms with E-state index in [2.05, 4.69) is 28.2 Å². The van der Waals surface area contributed by atoms with E-state index in [0.29, 0.717) is 18.3 Å². The number of hydrogen-bond donors (Lipinski definition) is 1. The Morgan fingerprint density at radius 3 is 2.63 bits per heavy atom. The predicted octanol–water partition coefficient (Wildman–Crippen LogP) is 3.66. The first-order valence-corrected chi connectivity index (χ1v) is 7.92. The van der Waals surface area contributed by atoms with Gasteiger partial charge in [-0.05, 0) is 24.1 Å². The number of nitrogens with one attached hydrogen (secondary N) is 1. The summed E-state index contributed by atoms with van der Waals surface area (Å²) in [5.74, 6) is 0.961. The van der Waals surface area contributed by atoms with Crippen LogP contribution in [0, 0.1) is 0 Å². The zero-order valence-corrected chi connectivity index (χ0v) is 13.0. The molecule has 0 fully saturated rings. The van der Waals surface area contributed by atoms with Crippen molar-refractivity contribution < 1.29 is 9.53 Å². The summed E-state index contributed by atoms with van der Waals surface area (Å²) in [4.78, 5) is 11.3. The first-order valence-electron chi connectivity index (χ1n) is 6.80. The summed E-state index contributed by atoms with van der Waals surface area (Å²) in [5.41, 5.74) is 1.09. The molecule has 0 spiro atoms. The van der Waals surface area contributed by atoms with E-state index in [1.165, 1.54) is 12.8 Å². The van der Waals surface area contributed by atoms with Gasteiger partial charge in [0.1, 0.15) is 5.75 Å². The van der Waals surface area contributed by atoms with Gasteiger partial charge in [0, 0.05) is 18.3 Å². The van der Waals surface area contributed by atoms with Gasteiger partial charge in [0.2, 0.25) is 5.91 Å². The van der Waals surface area contributed by atoms with E-state index in [9.17, 15) is 4.79 Å². The van der Waals surface area contributed by atoms with E-state index in [4.69, 9.17) is 4.74 Å². The minimum Gasteiger partial charge on any atom is -0.494 e. The smallest absolute Gasteiger partial charge is 0.221 e. The molecule has 106 valence electrons. The van der Waals surface area contributed by atoms with Crippen molar-refractivity contribution in [1.29, 1.82) is 0 Å². The van der Waals surface area contributed by atoms with Gasteiger partial charge in [-0.3, -0.25) is 4.79 Å². The van der Waals surface area contributed by atoms with Gasteiger partial charge in [-0.25, -0.2) is 0 Å². The third-order valence-electron chi connectivity index (χ3n) is 2.75. The van der Waals surface area contributed by atoms with E-state index in [1.807, 2.05) is 24.3 Å². The Balaban J connectivity index is 2.29. The number of benzene rings is 1. The third-order valence-corrected chi connectivity index (χ3v) is 3.15. The van der Waals surface area contributed by atoms with Crippen LogP contribution in [0.4, 0.5) is 0 Å². The highest BCUT2D eigenvalue weighted by atomic mass is 79.9. The molecule has 1 rings (SSSR count). The minimum absolute atomic E-state index is 0.0665. The molecule has 0 bridgehead atoms. The number of halogens is 1. The fraction of sp³-hybridized carbons (Fsp3) is 0.533. The van der Waals surface area contributed by atoms with Gasteiger partial charge >= 0.3 is 0 Å². The molecule has 1 amide bonds. The second kappa shape index (κ2) is 9.84. The molecule has 0 unspecified atom stereocenters. The molecule has 0 aromatic heterocycles. The summed E-state index contributed by atoms with van der Waals surface area (Å²) in [6.07, 6.45) is 4.02. The van der Waals surface area contributed by atoms with E-state index < -0.39 is 0 Å². The van der Waals surface area contributed by atoms with Crippen LogP contribution < -0.4 is 10.1 Å². The fourth-order valence-electron chi connectivity index (χ4n) is 1.62. The topological polar surface area (TPSA) is 38.3 Å². The average molecular weight is 328 g/mol. The Labute approximate surface area is 123 Å². The van der Waals surface area contributed by atoms with E-state index in [1.54, 1.807) is 0 Å². The Kier molecular flexibility index (Phi) is 8.30. The molecule has 4 heteroatoms. The van der Waals surface area contributed by atoms with Gasteiger partial charge in [-0.2, -0.15) is 0 Å². The Morgan fingerprint density at radius 1 is 1.26 bits per heavy atom. The Morgan fingerprint density at radius 2 is 2.00 bits per heavy atom. The van der Waals surface area contributed by atoms with E-state index >= 15 is 0 Å². The summed E-state index contributed by atoms with van der Waals surface area (Å²) in [7, 11) is 0. The van der Waals surface area contributed by atoms with Crippen LogP contribution in [0.15, 0.2) is 24.3 Å². The number of alkyl halides is 1. The molecule has 0 saturated carbocycles. The van der Waals surface area contributed by atoms with Crippen LogP contribution in [0.3, 0.4) is 0 Å². The molecule has 0 radical (unpaired) electrons. The number of amides is 1. The third kappa shape index (κ3) is 7.21. The number of ether oxygens (including phenoxy) is 1. The van der Waals surface area contributed by atoms with Crippen molar-refractivity contribution in [2.75, 3.05) is 11.9 Å². The van der Waals surface area contributed by atoms with Crippen molar-refractivity contribution in [3.8, 4) is 5.75 Å². The van der Waals surface area contributed by atoms with Crippen molar-refractivity contribution in [2.45, 2.75) is 39.2 Å². The quantitative estimate of drug-likeness (QED) is 0.555. The molecular weight excluding hydrogens is 306 g/mol. The monoisotopic (exact) mass is 327 g/mol. The zero-order chi connectivity index (χ0) is 13.9. The number of carbonyl (C=O) groups is 1. The zero-order valence-electron chi connectivity index (χ0n) is 11.5. The Hall–Kier alpha value is -1.03. The summed E-state index contributed by atoms with van der Waals surface area (Å²) < 4.78 is 5.63. The molecule has 0 saturated heterocycles. The first-order chi connectivity index (χ1) is 9.26. The Bertz CT molecular complexity index is 365. The predicted molar refractivity (Wildman–Crippen MR) is 81.7 cm³/mol. The van der Waals surface area contributed by atoms with Crippen LogP contribution >= 0.6 is 15.9 Å². The van der Waals surface area contributed by atoms with E-state index in [-0.39, 0.29) is 5.91 Å². The second-order valence-electron chi connectivity index (χ2n) is 4.42. The summed E-state index contributed by atoms with van der Waals surface area (Å²) in [5, 5.41) is 3.57. The molecule has 1 N–H and O–H groups in total. The average Bonchev–Trinajstić information content (AvgIpc) is 2.43. The van der Waals surface area contributed by atoms with Crippen LogP contribution in [-0.4, -0.2) is 17.8 Å². The van der Waals surface area contributed by atoms with E-state index in [0.717, 1.165) is 24.3 Å². The summed E-state index contributed by atoms with van der Waals surface area (Å²) in [6, 6.07) is 7.89. The highest BCUT2D eigenvalue weighted by Crippen LogP contribution is 2.12. The van der Waals surface area contributed by atoms with Gasteiger partial charge in [0.15, 0.2) is 0 Å². The van der Waals surface area contributed by atoms with Gasteiger partial charge < -0.3 is 10.1 Å². The maximum absolute atomic E-state index is 11.3. The van der Waals surface area contributed by atoms with Gasteiger partial charge in [-0.1, -0.05) is 47.8 Å². The van der Waals surface area contributed by atoms with Crippen molar-refractivity contribution in [1.82, 2.24) is 5.32 Å². The fourth-order valence-corrected chi connectivity index (χ4v) is 1.98. The molecule has 0 heterocycles. The number of unbranched alkanes of at least 4 members (excludes halogenated alkanes) is 2. The number of rotatable bonds is 9. The highest BCUT2D eigenvalue weighted by molar-refractivity contribution is 9.09. The second-order valence-corrected chi connectivity index (χ2v) is 5.21. The molecule has 0 aliphatic heterocycles. The lowest BCUT2D eigenvalue weighted by Crippen LogP contribution is -2.22. The number of hydrogen-bond acceptors (Lipinski definition) is 2. The highest BCUT2D eigenvalue weighted by Gasteiger charge is 2.00. The standard InChI is InChI=1S/C15H22BrNO2/c1-2-3-4-11-19-14-7-5-13(6-8-14)12-17-15(18)9-10-16/h5-8H,2-4,9-12H2,1H3,(H,17,18). The number of carbonyl (C=O) groups excluding carboxylic acids is 1. The van der Waals surface area contributed by atoms with Crippen LogP contribution in [0.1, 0.15) is 38.2 Å². The normalized spacial score (nSPS) is 10.2. The summed E-state index contributed by atoms with van der Waals surface area (Å²) in [6.45, 7) is 3.52. The molecule has 3 nitrogen and oxygen atoms in total. The van der Waals surface area contributed by atoms with Gasteiger partial charge in [0.25, 0.3) is 0 Å². The first kappa shape index (κ1) is 16.0. The molecule has 1 aromatic rings. The van der Waals surface area contributed by atoms with Crippen molar-refractivity contribution in [3.05, 3.63) is 29.8 Å². The minimum atomic E-state index is 0.0665. The molecular formula is C15H22BrNO2. The molecule has 1 aromatic carbocycles. The molecule has 0 aliphatic carbocycles. The SMILES string of the molecule is CCCCCOc1ccc(CNC(=O)CCBr)cc1. The van der Waals surface area contributed by atoms with Crippen LogP contribution in [0.25, 0.3) is 0 Å². The maximum Gasteiger partial charge on any atom is 0.221 e. The lowest BCUT2D eigenvalue weighted by atomic mass is 10.2. The molecule has 0 aliphatic rings. The summed E-state index contributed by atoms with van der Waals surface area (Å²) >= 11 is 3.24. The maximum atomic E-state index is 11.3. The lowest BCUT2D eigenvalue weighted by molar-refractivity contribution is -0.120. The van der Waals surface area contributed by atoms with Crippen molar-refractivity contribution in [3.63, 3.8) is 0 Å². The van der Waals surface area contributed by atoms with Gasteiger partial charge in [-0.15, -0.1) is 0 Å². The van der Waals surface area contributed by atoms with Gasteiger partial charge in [0.05, 0.1) is 6.61 Å². The van der Waals surface area contributed by atoms with Crippen LogP contribution in [0.2, 0.25) is 0 Å². The molecule has 0 atom stereocenters. The van der Waals surface area contributed by atoms with Crippen LogP contribution in [0.5, 0.6) is 5.75 Å². The molecule has 19 heavy (non-hydrogen) atoms. The lowest BCUT2D eigenvalue weighted by Gasteiger charge is -2.07. The van der Waals surface area contributed by atoms with Crippen molar-refractivity contribution >= 4 is 21.8 Å². The largest absolute Gasteiger partial charge is 0.494 e. The van der Waals surface area contributed by atoms with Crippen LogP contribution in [-0.2, 0) is 11.3 Å².